The zero-order chi connectivity index (χ0) is 10.1. The molecule has 0 amide bonds. The molecule has 1 aromatic rings. The van der Waals surface area contributed by atoms with Crippen LogP contribution in [0.15, 0.2) is 18.2 Å². The fourth-order valence-electron chi connectivity index (χ4n) is 1.68. The molecule has 1 N–H and O–H groups in total. The van der Waals surface area contributed by atoms with Crippen molar-refractivity contribution in [3.63, 3.8) is 0 Å². The van der Waals surface area contributed by atoms with Gasteiger partial charge < -0.3 is 5.32 Å². The van der Waals surface area contributed by atoms with Gasteiger partial charge in [-0.2, -0.15) is 0 Å². The highest BCUT2D eigenvalue weighted by Crippen LogP contribution is 2.36. The Labute approximate surface area is 88.1 Å². The second kappa shape index (κ2) is 3.91. The molecule has 2 unspecified atom stereocenters. The van der Waals surface area contributed by atoms with Crippen LogP contribution in [0.3, 0.4) is 0 Å². The first kappa shape index (κ1) is 9.99. The first-order valence-electron chi connectivity index (χ1n) is 4.81. The molecular weight excluding hydrogens is 197 g/mol. The lowest BCUT2D eigenvalue weighted by atomic mass is 10.1. The minimum absolute atomic E-state index is 0.146. The Bertz CT molecular complexity index is 340. The summed E-state index contributed by atoms with van der Waals surface area (Å²) in [7, 11) is 0. The molecule has 1 fully saturated rings. The smallest absolute Gasteiger partial charge is 0.123 e. The van der Waals surface area contributed by atoms with Crippen LogP contribution in [-0.2, 0) is 0 Å². The molecule has 0 aromatic heterocycles. The van der Waals surface area contributed by atoms with Crippen LogP contribution in [0.4, 0.5) is 4.39 Å². The summed E-state index contributed by atoms with van der Waals surface area (Å²) in [4.78, 5) is 0. The predicted octanol–water partition coefficient (Wildman–Crippen LogP) is 2.86. The van der Waals surface area contributed by atoms with E-state index in [0.717, 1.165) is 17.7 Å². The molecule has 3 heteroatoms. The number of aryl methyl sites for hydroxylation is 1. The second-order valence-electron chi connectivity index (χ2n) is 3.74. The van der Waals surface area contributed by atoms with E-state index in [1.54, 1.807) is 6.07 Å². The van der Waals surface area contributed by atoms with Crippen LogP contribution in [0, 0.1) is 12.7 Å². The van der Waals surface area contributed by atoms with Gasteiger partial charge in [-0.15, -0.1) is 11.8 Å². The SMILES string of the molecule is Cc1ccc(F)cc1C1NCC(C)S1. The Kier molecular flexibility index (Phi) is 2.79. The van der Waals surface area contributed by atoms with Crippen molar-refractivity contribution < 1.29 is 4.39 Å². The van der Waals surface area contributed by atoms with Gasteiger partial charge in [0.05, 0.1) is 5.37 Å². The fraction of sp³-hybridized carbons (Fsp3) is 0.455. The minimum Gasteiger partial charge on any atom is -0.301 e. The van der Waals surface area contributed by atoms with Crippen molar-refractivity contribution in [3.05, 3.63) is 35.1 Å². The second-order valence-corrected chi connectivity index (χ2v) is 5.28. The zero-order valence-electron chi connectivity index (χ0n) is 8.38. The number of thioether (sulfide) groups is 1. The van der Waals surface area contributed by atoms with Gasteiger partial charge in [0.25, 0.3) is 0 Å². The standard InChI is InChI=1S/C11H14FNS/c1-7-3-4-9(12)5-10(7)11-13-6-8(2)14-11/h3-5,8,11,13H,6H2,1-2H3. The average molecular weight is 211 g/mol. The minimum atomic E-state index is -0.146. The van der Waals surface area contributed by atoms with E-state index >= 15 is 0 Å². The van der Waals surface area contributed by atoms with Gasteiger partial charge in [-0.05, 0) is 30.2 Å². The quantitative estimate of drug-likeness (QED) is 0.766. The van der Waals surface area contributed by atoms with E-state index in [4.69, 9.17) is 0 Å². The van der Waals surface area contributed by atoms with Crippen molar-refractivity contribution in [2.24, 2.45) is 0 Å². The Balaban J connectivity index is 2.27. The molecule has 0 aliphatic carbocycles. The molecule has 76 valence electrons. The maximum Gasteiger partial charge on any atom is 0.123 e. The maximum atomic E-state index is 13.1. The van der Waals surface area contributed by atoms with Crippen LogP contribution in [0.25, 0.3) is 0 Å². The summed E-state index contributed by atoms with van der Waals surface area (Å²) in [6.45, 7) is 5.22. The Hall–Kier alpha value is -0.540. The number of rotatable bonds is 1. The summed E-state index contributed by atoms with van der Waals surface area (Å²) in [6, 6.07) is 5.00. The third-order valence-corrected chi connectivity index (χ3v) is 3.81. The van der Waals surface area contributed by atoms with Crippen molar-refractivity contribution in [3.8, 4) is 0 Å². The van der Waals surface area contributed by atoms with E-state index in [1.807, 2.05) is 24.8 Å². The molecule has 1 aromatic carbocycles. The number of hydrogen-bond acceptors (Lipinski definition) is 2. The first-order chi connectivity index (χ1) is 6.66. The summed E-state index contributed by atoms with van der Waals surface area (Å²) >= 11 is 1.86. The van der Waals surface area contributed by atoms with Crippen LogP contribution >= 0.6 is 11.8 Å². The van der Waals surface area contributed by atoms with E-state index in [-0.39, 0.29) is 11.2 Å². The van der Waals surface area contributed by atoms with Crippen LogP contribution in [0.2, 0.25) is 0 Å². The van der Waals surface area contributed by atoms with Crippen molar-refractivity contribution >= 4 is 11.8 Å². The zero-order valence-corrected chi connectivity index (χ0v) is 9.20. The van der Waals surface area contributed by atoms with Gasteiger partial charge in [0, 0.05) is 11.8 Å². The normalized spacial score (nSPS) is 26.8. The Morgan fingerprint density at radius 2 is 2.29 bits per heavy atom. The Morgan fingerprint density at radius 3 is 2.93 bits per heavy atom. The third-order valence-electron chi connectivity index (χ3n) is 2.48. The highest BCUT2D eigenvalue weighted by molar-refractivity contribution is 8.00. The molecule has 0 spiro atoms. The molecule has 1 nitrogen and oxygen atoms in total. The number of nitrogens with one attached hydrogen (secondary N) is 1. The molecule has 2 rings (SSSR count). The predicted molar refractivity (Wildman–Crippen MR) is 58.9 cm³/mol. The van der Waals surface area contributed by atoms with Crippen molar-refractivity contribution in [2.45, 2.75) is 24.5 Å². The van der Waals surface area contributed by atoms with E-state index in [2.05, 4.69) is 12.2 Å². The van der Waals surface area contributed by atoms with Crippen molar-refractivity contribution in [1.82, 2.24) is 5.32 Å². The summed E-state index contributed by atoms with van der Waals surface area (Å²) in [5.74, 6) is -0.146. The van der Waals surface area contributed by atoms with E-state index in [1.165, 1.54) is 6.07 Å². The highest BCUT2D eigenvalue weighted by Gasteiger charge is 2.23. The molecule has 14 heavy (non-hydrogen) atoms. The van der Waals surface area contributed by atoms with Crippen LogP contribution in [0.5, 0.6) is 0 Å². The number of halogens is 1. The van der Waals surface area contributed by atoms with Gasteiger partial charge in [0.2, 0.25) is 0 Å². The number of benzene rings is 1. The first-order valence-corrected chi connectivity index (χ1v) is 5.76. The van der Waals surface area contributed by atoms with Gasteiger partial charge in [-0.3, -0.25) is 0 Å². The molecule has 1 aliphatic heterocycles. The van der Waals surface area contributed by atoms with E-state index < -0.39 is 0 Å². The number of hydrogen-bond donors (Lipinski definition) is 1. The summed E-state index contributed by atoms with van der Waals surface area (Å²) in [5, 5.41) is 4.27. The largest absolute Gasteiger partial charge is 0.301 e. The van der Waals surface area contributed by atoms with Gasteiger partial charge in [0.1, 0.15) is 5.82 Å². The molecular formula is C11H14FNS. The lowest BCUT2D eigenvalue weighted by Crippen LogP contribution is -2.14. The van der Waals surface area contributed by atoms with Crippen LogP contribution in [0.1, 0.15) is 23.4 Å². The monoisotopic (exact) mass is 211 g/mol. The average Bonchev–Trinajstić information content (AvgIpc) is 2.56. The summed E-state index contributed by atoms with van der Waals surface area (Å²) in [6.07, 6.45) is 0. The molecule has 0 bridgehead atoms. The summed E-state index contributed by atoms with van der Waals surface area (Å²) < 4.78 is 13.1. The molecule has 0 radical (unpaired) electrons. The topological polar surface area (TPSA) is 12.0 Å². The molecule has 1 heterocycles. The third kappa shape index (κ3) is 1.93. The van der Waals surface area contributed by atoms with Crippen molar-refractivity contribution in [2.75, 3.05) is 6.54 Å². The van der Waals surface area contributed by atoms with Gasteiger partial charge >= 0.3 is 0 Å². The lowest BCUT2D eigenvalue weighted by Gasteiger charge is -2.13. The maximum absolute atomic E-state index is 13.1. The molecule has 2 atom stereocenters. The summed E-state index contributed by atoms with van der Waals surface area (Å²) in [5.41, 5.74) is 2.24. The van der Waals surface area contributed by atoms with Gasteiger partial charge in [-0.25, -0.2) is 4.39 Å². The highest BCUT2D eigenvalue weighted by atomic mass is 32.2. The van der Waals surface area contributed by atoms with Crippen molar-refractivity contribution in [1.29, 1.82) is 0 Å². The van der Waals surface area contributed by atoms with E-state index in [0.29, 0.717) is 5.25 Å². The molecule has 0 saturated carbocycles. The lowest BCUT2D eigenvalue weighted by molar-refractivity contribution is 0.621. The van der Waals surface area contributed by atoms with Gasteiger partial charge in [0.15, 0.2) is 0 Å². The van der Waals surface area contributed by atoms with Crippen LogP contribution in [-0.4, -0.2) is 11.8 Å². The Morgan fingerprint density at radius 1 is 1.50 bits per heavy atom. The van der Waals surface area contributed by atoms with Crippen LogP contribution < -0.4 is 5.32 Å². The molecule has 1 saturated heterocycles. The fourth-order valence-corrected chi connectivity index (χ4v) is 2.93. The molecule has 1 aliphatic rings. The van der Waals surface area contributed by atoms with Gasteiger partial charge in [-0.1, -0.05) is 13.0 Å². The van der Waals surface area contributed by atoms with E-state index in [9.17, 15) is 4.39 Å².